The monoisotopic (exact) mass is 411 g/mol. The van der Waals surface area contributed by atoms with Gasteiger partial charge in [-0.2, -0.15) is 13.2 Å². The Kier molecular flexibility index (Phi) is 5.16. The van der Waals surface area contributed by atoms with Crippen molar-refractivity contribution in [2.75, 3.05) is 12.0 Å². The van der Waals surface area contributed by atoms with Crippen molar-refractivity contribution in [1.29, 1.82) is 0 Å². The van der Waals surface area contributed by atoms with Crippen molar-refractivity contribution in [2.24, 2.45) is 0 Å². The molecule has 2 N–H and O–H groups in total. The maximum atomic E-state index is 13.7. The number of ether oxygens (including phenoxy) is 1. The van der Waals surface area contributed by atoms with Crippen LogP contribution in [0.1, 0.15) is 29.5 Å². The second-order valence-electron chi connectivity index (χ2n) is 6.55. The number of methoxy groups -OCH3 is 1. The number of nitrogens with zero attached hydrogens (tertiary/aromatic N) is 1. The molecular formula is C20H17F4NO4. The third kappa shape index (κ3) is 3.59. The lowest BCUT2D eigenvalue weighted by atomic mass is 9.87. The number of anilines is 1. The van der Waals surface area contributed by atoms with E-state index in [4.69, 9.17) is 4.74 Å². The first kappa shape index (κ1) is 20.5. The molecule has 3 rings (SSSR count). The fraction of sp³-hybridized carbons (Fsp3) is 0.250. The zero-order chi connectivity index (χ0) is 21.5. The summed E-state index contributed by atoms with van der Waals surface area (Å²) in [6.45, 7) is 1.25. The van der Waals surface area contributed by atoms with Gasteiger partial charge in [0.1, 0.15) is 5.57 Å². The molecule has 0 bridgehead atoms. The van der Waals surface area contributed by atoms with Crippen molar-refractivity contribution < 1.29 is 37.3 Å². The van der Waals surface area contributed by atoms with Gasteiger partial charge in [0, 0.05) is 17.2 Å². The number of benzene rings is 2. The Bertz CT molecular complexity index is 1000. The summed E-state index contributed by atoms with van der Waals surface area (Å²) >= 11 is 0. The van der Waals surface area contributed by atoms with Crippen molar-refractivity contribution in [3.05, 3.63) is 70.4 Å². The number of hydrogen-bond acceptors (Lipinski definition) is 4. The lowest BCUT2D eigenvalue weighted by molar-refractivity contribution is -0.137. The number of halogens is 4. The van der Waals surface area contributed by atoms with E-state index in [1.54, 1.807) is 6.92 Å². The van der Waals surface area contributed by atoms with Gasteiger partial charge in [0.05, 0.1) is 19.2 Å². The predicted octanol–water partition coefficient (Wildman–Crippen LogP) is 4.62. The van der Waals surface area contributed by atoms with E-state index in [9.17, 15) is 32.6 Å². The van der Waals surface area contributed by atoms with Crippen LogP contribution in [0.25, 0.3) is 0 Å². The molecule has 0 saturated heterocycles. The minimum absolute atomic E-state index is 0.0576. The first-order valence-electron chi connectivity index (χ1n) is 8.52. The normalized spacial score (nSPS) is 16.6. The summed E-state index contributed by atoms with van der Waals surface area (Å²) in [7, 11) is 1.20. The van der Waals surface area contributed by atoms with Gasteiger partial charge < -0.3 is 19.8 Å². The molecule has 1 heterocycles. The second kappa shape index (κ2) is 7.31. The minimum Gasteiger partial charge on any atom is -0.505 e. The zero-order valence-electron chi connectivity index (χ0n) is 15.4. The Morgan fingerprint density at radius 3 is 2.52 bits per heavy atom. The molecule has 9 heteroatoms. The van der Waals surface area contributed by atoms with Gasteiger partial charge in [0.2, 0.25) is 5.88 Å². The highest BCUT2D eigenvalue weighted by atomic mass is 19.4. The van der Waals surface area contributed by atoms with Crippen molar-refractivity contribution in [3.63, 3.8) is 0 Å². The molecule has 2 aromatic rings. The smallest absolute Gasteiger partial charge is 0.416 e. The topological polar surface area (TPSA) is 70.0 Å². The summed E-state index contributed by atoms with van der Waals surface area (Å²) in [4.78, 5) is 13.0. The third-order valence-corrected chi connectivity index (χ3v) is 4.85. The maximum Gasteiger partial charge on any atom is 0.416 e. The van der Waals surface area contributed by atoms with Crippen LogP contribution in [-0.4, -0.2) is 23.3 Å². The molecule has 0 aliphatic carbocycles. The van der Waals surface area contributed by atoms with Crippen molar-refractivity contribution in [3.8, 4) is 5.75 Å². The maximum absolute atomic E-state index is 13.7. The van der Waals surface area contributed by atoms with Crippen LogP contribution in [-0.2, 0) is 22.3 Å². The molecule has 0 fully saturated rings. The van der Waals surface area contributed by atoms with Crippen LogP contribution in [0.4, 0.5) is 23.2 Å². The lowest BCUT2D eigenvalue weighted by Gasteiger charge is -2.36. The van der Waals surface area contributed by atoms with Crippen LogP contribution in [0.5, 0.6) is 5.75 Å². The molecular weight excluding hydrogens is 394 g/mol. The summed E-state index contributed by atoms with van der Waals surface area (Å²) in [5, 5.41) is 19.6. The Morgan fingerprint density at radius 1 is 1.24 bits per heavy atom. The third-order valence-electron chi connectivity index (χ3n) is 4.85. The van der Waals surface area contributed by atoms with Gasteiger partial charge in [0.25, 0.3) is 0 Å². The number of rotatable bonds is 4. The number of carboxylic acid groups (broad SMARTS) is 1. The highest BCUT2D eigenvalue weighted by Crippen LogP contribution is 2.45. The number of aromatic hydroxyl groups is 1. The molecule has 0 radical (unpaired) electrons. The molecule has 29 heavy (non-hydrogen) atoms. The van der Waals surface area contributed by atoms with E-state index in [0.717, 1.165) is 18.2 Å². The largest absolute Gasteiger partial charge is 0.505 e. The van der Waals surface area contributed by atoms with Gasteiger partial charge in [0.15, 0.2) is 11.6 Å². The van der Waals surface area contributed by atoms with Crippen LogP contribution in [0, 0.1) is 5.82 Å². The molecule has 5 nitrogen and oxygen atoms in total. The highest BCUT2D eigenvalue weighted by Gasteiger charge is 2.38. The molecule has 154 valence electrons. The van der Waals surface area contributed by atoms with E-state index in [-0.39, 0.29) is 29.3 Å². The number of aliphatic carboxylic acids is 1. The zero-order valence-corrected chi connectivity index (χ0v) is 15.4. The second-order valence-corrected chi connectivity index (χ2v) is 6.55. The van der Waals surface area contributed by atoms with Gasteiger partial charge in [-0.05, 0) is 23.8 Å². The number of carbonyl (C=O) groups is 1. The number of alkyl halides is 3. The number of hydrogen-bond donors (Lipinski definition) is 2. The van der Waals surface area contributed by atoms with E-state index in [1.807, 2.05) is 0 Å². The van der Waals surface area contributed by atoms with Crippen molar-refractivity contribution >= 4 is 11.7 Å². The predicted molar refractivity (Wildman–Crippen MR) is 95.8 cm³/mol. The Labute approximate surface area is 163 Å². The lowest BCUT2D eigenvalue weighted by Crippen LogP contribution is -2.33. The van der Waals surface area contributed by atoms with Crippen molar-refractivity contribution in [1.82, 2.24) is 0 Å². The van der Waals surface area contributed by atoms with Crippen LogP contribution in [0.2, 0.25) is 0 Å². The standard InChI is InChI=1S/C20H17F4NO4/c1-10-13-7-6-12(20(22,23)24)8-15(13)25(18(29-2)16(10)19(27)28)9-11-4-3-5-14(21)17(11)26/h3-8,10,26H,9H2,1-2H3,(H,27,28). The van der Waals surface area contributed by atoms with Crippen LogP contribution in [0.15, 0.2) is 47.9 Å². The number of para-hydroxylation sites is 1. The number of carboxylic acids is 1. The molecule has 2 aromatic carbocycles. The van der Waals surface area contributed by atoms with Gasteiger partial charge in [-0.15, -0.1) is 0 Å². The van der Waals surface area contributed by atoms with Crippen LogP contribution >= 0.6 is 0 Å². The van der Waals surface area contributed by atoms with E-state index >= 15 is 0 Å². The summed E-state index contributed by atoms with van der Waals surface area (Å²) in [5.74, 6) is -3.81. The summed E-state index contributed by atoms with van der Waals surface area (Å²) in [5.41, 5.74) is -0.617. The summed E-state index contributed by atoms with van der Waals surface area (Å²) in [6.07, 6.45) is -4.62. The van der Waals surface area contributed by atoms with E-state index in [1.165, 1.54) is 30.2 Å². The van der Waals surface area contributed by atoms with Gasteiger partial charge >= 0.3 is 12.1 Å². The fourth-order valence-corrected chi connectivity index (χ4v) is 3.43. The molecule has 1 aliphatic heterocycles. The number of fused-ring (bicyclic) bond motifs is 1. The first-order chi connectivity index (χ1) is 13.6. The van der Waals surface area contributed by atoms with Crippen molar-refractivity contribution in [2.45, 2.75) is 25.6 Å². The Hall–Kier alpha value is -3.23. The highest BCUT2D eigenvalue weighted by molar-refractivity contribution is 5.92. The Balaban J connectivity index is 2.24. The molecule has 1 unspecified atom stereocenters. The average Bonchev–Trinajstić information content (AvgIpc) is 2.65. The quantitative estimate of drug-likeness (QED) is 0.719. The Morgan fingerprint density at radius 2 is 1.93 bits per heavy atom. The summed E-state index contributed by atoms with van der Waals surface area (Å²) < 4.78 is 58.8. The first-order valence-corrected chi connectivity index (χ1v) is 8.52. The van der Waals surface area contributed by atoms with Gasteiger partial charge in [-0.1, -0.05) is 25.1 Å². The number of phenolic OH excluding ortho intramolecular Hbond substituents is 1. The van der Waals surface area contributed by atoms with Crippen LogP contribution in [0.3, 0.4) is 0 Å². The minimum atomic E-state index is -4.62. The molecule has 1 aliphatic rings. The SMILES string of the molecule is COC1=C(C(=O)O)C(C)c2ccc(C(F)(F)F)cc2N1Cc1cccc(F)c1O. The number of phenols is 1. The van der Waals surface area contributed by atoms with Gasteiger partial charge in [-0.3, -0.25) is 0 Å². The molecule has 0 amide bonds. The molecule has 1 atom stereocenters. The van der Waals surface area contributed by atoms with E-state index in [0.29, 0.717) is 5.56 Å². The fourth-order valence-electron chi connectivity index (χ4n) is 3.43. The van der Waals surface area contributed by atoms with E-state index in [2.05, 4.69) is 0 Å². The van der Waals surface area contributed by atoms with Crippen LogP contribution < -0.4 is 4.90 Å². The molecule has 0 spiro atoms. The molecule has 0 saturated carbocycles. The molecule has 0 aromatic heterocycles. The average molecular weight is 411 g/mol. The van der Waals surface area contributed by atoms with Gasteiger partial charge in [-0.25, -0.2) is 9.18 Å². The summed E-state index contributed by atoms with van der Waals surface area (Å²) in [6, 6.07) is 6.74. The van der Waals surface area contributed by atoms with E-state index < -0.39 is 35.2 Å².